The van der Waals surface area contributed by atoms with E-state index in [4.69, 9.17) is 4.98 Å². The average Bonchev–Trinajstić information content (AvgIpc) is 3.45. The lowest BCUT2D eigenvalue weighted by Gasteiger charge is -2.11. The van der Waals surface area contributed by atoms with Crippen LogP contribution in [-0.2, 0) is 5.75 Å². The molecule has 28 heavy (non-hydrogen) atoms. The Kier molecular flexibility index (Phi) is 4.61. The van der Waals surface area contributed by atoms with Crippen LogP contribution in [0.15, 0.2) is 75.2 Å². The second-order valence-corrected chi connectivity index (χ2v) is 8.87. The molecule has 2 aromatic carbocycles. The maximum absolute atomic E-state index is 13.2. The summed E-state index contributed by atoms with van der Waals surface area (Å²) in [7, 11) is 0. The van der Waals surface area contributed by atoms with Gasteiger partial charge < -0.3 is 4.98 Å². The molecule has 1 N–H and O–H groups in total. The minimum absolute atomic E-state index is 0.0337. The van der Waals surface area contributed by atoms with E-state index in [0.717, 1.165) is 44.9 Å². The Morgan fingerprint density at radius 3 is 2.71 bits per heavy atom. The van der Waals surface area contributed by atoms with E-state index in [1.54, 1.807) is 11.8 Å². The van der Waals surface area contributed by atoms with Crippen LogP contribution < -0.4 is 5.56 Å². The summed E-state index contributed by atoms with van der Waals surface area (Å²) in [5, 5.41) is 0.803. The molecule has 0 unspecified atom stereocenters. The van der Waals surface area contributed by atoms with Gasteiger partial charge in [-0.2, -0.15) is 0 Å². The molecule has 4 aromatic rings. The Bertz CT molecular complexity index is 1210. The molecule has 0 amide bonds. The zero-order chi connectivity index (χ0) is 19.1. The van der Waals surface area contributed by atoms with Crippen molar-refractivity contribution in [3.8, 4) is 11.1 Å². The first-order valence-corrected chi connectivity index (χ1v) is 11.0. The monoisotopic (exact) mass is 451 g/mol. The smallest absolute Gasteiger partial charge is 0.278 e. The minimum Gasteiger partial charge on any atom is -0.355 e. The van der Waals surface area contributed by atoms with E-state index in [2.05, 4.69) is 33.0 Å². The predicted octanol–water partition coefficient (Wildman–Crippen LogP) is 5.78. The van der Waals surface area contributed by atoms with E-state index < -0.39 is 0 Å². The molecule has 140 valence electrons. The Hall–Kier alpha value is -2.31. The largest absolute Gasteiger partial charge is 0.355 e. The number of nitrogens with one attached hydrogen (secondary N) is 1. The Morgan fingerprint density at radius 2 is 1.96 bits per heavy atom. The first kappa shape index (κ1) is 17.8. The van der Waals surface area contributed by atoms with Gasteiger partial charge in [-0.05, 0) is 36.1 Å². The fourth-order valence-corrected chi connectivity index (χ4v) is 4.87. The van der Waals surface area contributed by atoms with Crippen molar-refractivity contribution < 1.29 is 0 Å². The standard InChI is InChI=1S/C22H18BrN3OS/c23-16-8-4-5-14(11-16)13-28-22-25-19-18(15-6-2-1-3-7-15)12-24-20(19)21(27)26(22)17-9-10-17/h1-8,11-12,17,24H,9-10,13H2. The number of aromatic amines is 1. The molecule has 0 aliphatic heterocycles. The van der Waals surface area contributed by atoms with E-state index in [0.29, 0.717) is 5.52 Å². The van der Waals surface area contributed by atoms with Gasteiger partial charge in [-0.1, -0.05) is 70.2 Å². The van der Waals surface area contributed by atoms with E-state index >= 15 is 0 Å². The minimum atomic E-state index is 0.0337. The molecule has 0 saturated heterocycles. The fourth-order valence-electron chi connectivity index (χ4n) is 3.42. The Morgan fingerprint density at radius 1 is 1.14 bits per heavy atom. The SMILES string of the molecule is O=c1c2[nH]cc(-c3ccccc3)c2nc(SCc2cccc(Br)c2)n1C1CC1. The zero-order valence-corrected chi connectivity index (χ0v) is 17.5. The van der Waals surface area contributed by atoms with Crippen LogP contribution in [0, 0.1) is 0 Å². The summed E-state index contributed by atoms with van der Waals surface area (Å²) in [6.07, 6.45) is 3.99. The molecule has 4 nitrogen and oxygen atoms in total. The van der Waals surface area contributed by atoms with E-state index in [1.165, 1.54) is 5.56 Å². The van der Waals surface area contributed by atoms with Crippen LogP contribution in [0.2, 0.25) is 0 Å². The number of hydrogen-bond acceptors (Lipinski definition) is 3. The van der Waals surface area contributed by atoms with Gasteiger partial charge in [0, 0.05) is 28.0 Å². The average molecular weight is 452 g/mol. The van der Waals surface area contributed by atoms with Crippen molar-refractivity contribution in [2.24, 2.45) is 0 Å². The van der Waals surface area contributed by atoms with Crippen LogP contribution in [0.4, 0.5) is 0 Å². The lowest BCUT2D eigenvalue weighted by atomic mass is 10.1. The molecule has 0 spiro atoms. The number of rotatable bonds is 5. The summed E-state index contributed by atoms with van der Waals surface area (Å²) in [6, 6.07) is 18.6. The molecule has 1 saturated carbocycles. The maximum Gasteiger partial charge on any atom is 0.278 e. The number of aromatic nitrogens is 3. The highest BCUT2D eigenvalue weighted by Gasteiger charge is 2.29. The van der Waals surface area contributed by atoms with Crippen molar-refractivity contribution in [2.75, 3.05) is 0 Å². The normalized spacial score (nSPS) is 13.9. The van der Waals surface area contributed by atoms with Crippen LogP contribution in [0.3, 0.4) is 0 Å². The van der Waals surface area contributed by atoms with Gasteiger partial charge >= 0.3 is 0 Å². The molecule has 2 aromatic heterocycles. The van der Waals surface area contributed by atoms with E-state index in [9.17, 15) is 4.79 Å². The van der Waals surface area contributed by atoms with Crippen molar-refractivity contribution >= 4 is 38.7 Å². The summed E-state index contributed by atoms with van der Waals surface area (Å²) in [5.41, 5.74) is 4.62. The highest BCUT2D eigenvalue weighted by Crippen LogP contribution is 2.38. The molecule has 2 heterocycles. The third kappa shape index (κ3) is 3.31. The van der Waals surface area contributed by atoms with Crippen LogP contribution in [0.25, 0.3) is 22.2 Å². The Labute approximate surface area is 175 Å². The quantitative estimate of drug-likeness (QED) is 0.309. The topological polar surface area (TPSA) is 50.7 Å². The van der Waals surface area contributed by atoms with Crippen molar-refractivity contribution in [2.45, 2.75) is 29.8 Å². The Balaban J connectivity index is 1.60. The van der Waals surface area contributed by atoms with Gasteiger partial charge in [0.1, 0.15) is 11.0 Å². The van der Waals surface area contributed by atoms with Crippen molar-refractivity contribution in [1.29, 1.82) is 0 Å². The highest BCUT2D eigenvalue weighted by atomic mass is 79.9. The number of nitrogens with zero attached hydrogens (tertiary/aromatic N) is 2. The van der Waals surface area contributed by atoms with Gasteiger partial charge in [0.05, 0.1) is 0 Å². The summed E-state index contributed by atoms with van der Waals surface area (Å²) in [5.74, 6) is 0.773. The molecule has 5 rings (SSSR count). The molecule has 1 fully saturated rings. The van der Waals surface area contributed by atoms with Crippen molar-refractivity contribution in [1.82, 2.24) is 14.5 Å². The highest BCUT2D eigenvalue weighted by molar-refractivity contribution is 9.10. The predicted molar refractivity (Wildman–Crippen MR) is 118 cm³/mol. The van der Waals surface area contributed by atoms with Crippen molar-refractivity contribution in [3.05, 3.63) is 81.2 Å². The van der Waals surface area contributed by atoms with Crippen molar-refractivity contribution in [3.63, 3.8) is 0 Å². The lowest BCUT2D eigenvalue weighted by molar-refractivity contribution is 0.617. The third-order valence-electron chi connectivity index (χ3n) is 4.95. The number of hydrogen-bond donors (Lipinski definition) is 1. The molecule has 6 heteroatoms. The number of fused-ring (bicyclic) bond motifs is 1. The third-order valence-corrected chi connectivity index (χ3v) is 6.47. The van der Waals surface area contributed by atoms with Gasteiger partial charge in [-0.3, -0.25) is 9.36 Å². The fraction of sp³-hybridized carbons (Fsp3) is 0.182. The summed E-state index contributed by atoms with van der Waals surface area (Å²) >= 11 is 5.16. The van der Waals surface area contributed by atoms with Gasteiger partial charge in [0.15, 0.2) is 5.16 Å². The molecular formula is C22H18BrN3OS. The van der Waals surface area contributed by atoms with Crippen LogP contribution >= 0.6 is 27.7 Å². The molecule has 1 aliphatic carbocycles. The van der Waals surface area contributed by atoms with Crippen LogP contribution in [0.5, 0.6) is 0 Å². The molecule has 0 atom stereocenters. The molecular weight excluding hydrogens is 434 g/mol. The van der Waals surface area contributed by atoms with Gasteiger partial charge in [0.2, 0.25) is 0 Å². The second kappa shape index (κ2) is 7.26. The molecule has 1 aliphatic rings. The van der Waals surface area contributed by atoms with E-state index in [1.807, 2.05) is 53.2 Å². The zero-order valence-electron chi connectivity index (χ0n) is 15.1. The lowest BCUT2D eigenvalue weighted by Crippen LogP contribution is -2.22. The van der Waals surface area contributed by atoms with E-state index in [-0.39, 0.29) is 11.6 Å². The number of halogens is 1. The van der Waals surface area contributed by atoms with Crippen LogP contribution in [0.1, 0.15) is 24.4 Å². The van der Waals surface area contributed by atoms with Gasteiger partial charge in [0.25, 0.3) is 5.56 Å². The van der Waals surface area contributed by atoms with Crippen LogP contribution in [-0.4, -0.2) is 14.5 Å². The number of H-pyrrole nitrogens is 1. The maximum atomic E-state index is 13.2. The molecule has 0 bridgehead atoms. The first-order valence-electron chi connectivity index (χ1n) is 9.27. The van der Waals surface area contributed by atoms with Gasteiger partial charge in [-0.25, -0.2) is 4.98 Å². The van der Waals surface area contributed by atoms with Gasteiger partial charge in [-0.15, -0.1) is 0 Å². The summed E-state index contributed by atoms with van der Waals surface area (Å²) in [4.78, 5) is 21.3. The summed E-state index contributed by atoms with van der Waals surface area (Å²) < 4.78 is 2.95. The first-order chi connectivity index (χ1) is 13.7. The molecule has 0 radical (unpaired) electrons. The second-order valence-electron chi connectivity index (χ2n) is 7.01. The number of thioether (sulfide) groups is 1. The number of benzene rings is 2. The summed E-state index contributed by atoms with van der Waals surface area (Å²) in [6.45, 7) is 0.